The van der Waals surface area contributed by atoms with Gasteiger partial charge in [0.15, 0.2) is 0 Å². The highest BCUT2D eigenvalue weighted by atomic mass is 35.5. The summed E-state index contributed by atoms with van der Waals surface area (Å²) in [6.07, 6.45) is 1.14. The van der Waals surface area contributed by atoms with Crippen LogP contribution in [-0.2, 0) is 4.74 Å². The van der Waals surface area contributed by atoms with Gasteiger partial charge in [-0.05, 0) is 31.0 Å². The van der Waals surface area contributed by atoms with Crippen LogP contribution >= 0.6 is 11.6 Å². The van der Waals surface area contributed by atoms with Gasteiger partial charge >= 0.3 is 0 Å². The van der Waals surface area contributed by atoms with Crippen molar-refractivity contribution in [2.45, 2.75) is 25.5 Å². The highest BCUT2D eigenvalue weighted by Crippen LogP contribution is 2.25. The standard InChI is InChI=1S/C14H20ClFN2O/c1-10-9-18(5-2-6-19-10)14(8-17)11-3-4-12(15)13(16)7-11/h3-4,7,10,14H,2,5-6,8-9,17H2,1H3. The zero-order valence-electron chi connectivity index (χ0n) is 11.1. The fourth-order valence-electron chi connectivity index (χ4n) is 2.53. The van der Waals surface area contributed by atoms with Crippen molar-refractivity contribution >= 4 is 11.6 Å². The molecule has 0 amide bonds. The highest BCUT2D eigenvalue weighted by Gasteiger charge is 2.23. The number of rotatable bonds is 3. The van der Waals surface area contributed by atoms with Crippen LogP contribution in [0.5, 0.6) is 0 Å². The Hall–Kier alpha value is -0.680. The van der Waals surface area contributed by atoms with Crippen LogP contribution in [-0.4, -0.2) is 37.2 Å². The van der Waals surface area contributed by atoms with Crippen LogP contribution in [0.4, 0.5) is 4.39 Å². The molecular weight excluding hydrogens is 267 g/mol. The Morgan fingerprint density at radius 1 is 1.58 bits per heavy atom. The predicted molar refractivity (Wildman–Crippen MR) is 74.8 cm³/mol. The molecule has 0 saturated carbocycles. The lowest BCUT2D eigenvalue weighted by atomic mass is 10.0. The van der Waals surface area contributed by atoms with Gasteiger partial charge in [-0.15, -0.1) is 0 Å². The molecular formula is C14H20ClFN2O. The molecule has 1 aliphatic heterocycles. The zero-order chi connectivity index (χ0) is 13.8. The number of hydrogen-bond donors (Lipinski definition) is 1. The molecule has 1 fully saturated rings. The molecule has 1 aromatic rings. The number of hydrogen-bond acceptors (Lipinski definition) is 3. The fourth-order valence-corrected chi connectivity index (χ4v) is 2.64. The van der Waals surface area contributed by atoms with Crippen LogP contribution < -0.4 is 5.73 Å². The van der Waals surface area contributed by atoms with E-state index in [1.165, 1.54) is 6.07 Å². The summed E-state index contributed by atoms with van der Waals surface area (Å²) in [4.78, 5) is 2.26. The molecule has 106 valence electrons. The lowest BCUT2D eigenvalue weighted by molar-refractivity contribution is 0.0611. The van der Waals surface area contributed by atoms with Crippen LogP contribution in [0.1, 0.15) is 24.9 Å². The molecule has 2 unspecified atom stereocenters. The minimum absolute atomic E-state index is 0.0101. The summed E-state index contributed by atoms with van der Waals surface area (Å²) < 4.78 is 19.2. The van der Waals surface area contributed by atoms with E-state index in [1.807, 2.05) is 13.0 Å². The van der Waals surface area contributed by atoms with Gasteiger partial charge in [-0.25, -0.2) is 4.39 Å². The van der Waals surface area contributed by atoms with E-state index in [2.05, 4.69) is 4.90 Å². The first kappa shape index (κ1) is 14.7. The van der Waals surface area contributed by atoms with E-state index in [9.17, 15) is 4.39 Å². The summed E-state index contributed by atoms with van der Waals surface area (Å²) in [6, 6.07) is 4.93. The van der Waals surface area contributed by atoms with E-state index in [0.29, 0.717) is 6.54 Å². The Labute approximate surface area is 118 Å². The van der Waals surface area contributed by atoms with Crippen molar-refractivity contribution in [3.8, 4) is 0 Å². The number of nitrogens with two attached hydrogens (primary N) is 1. The van der Waals surface area contributed by atoms with Crippen LogP contribution in [0.15, 0.2) is 18.2 Å². The van der Waals surface area contributed by atoms with Crippen LogP contribution in [0.25, 0.3) is 0 Å². The average molecular weight is 287 g/mol. The third kappa shape index (κ3) is 3.66. The number of ether oxygens (including phenoxy) is 1. The third-order valence-electron chi connectivity index (χ3n) is 3.48. The molecule has 1 aromatic carbocycles. The summed E-state index contributed by atoms with van der Waals surface area (Å²) >= 11 is 5.72. The molecule has 5 heteroatoms. The van der Waals surface area contributed by atoms with E-state index < -0.39 is 5.82 Å². The number of benzene rings is 1. The predicted octanol–water partition coefficient (Wildman–Crippen LogP) is 2.59. The number of halogens is 2. The Balaban J connectivity index is 2.20. The second-order valence-corrected chi connectivity index (χ2v) is 5.36. The van der Waals surface area contributed by atoms with Gasteiger partial charge < -0.3 is 10.5 Å². The lowest BCUT2D eigenvalue weighted by Crippen LogP contribution is -2.37. The Morgan fingerprint density at radius 3 is 3.05 bits per heavy atom. The van der Waals surface area contributed by atoms with Gasteiger partial charge in [0.1, 0.15) is 5.82 Å². The molecule has 19 heavy (non-hydrogen) atoms. The molecule has 3 nitrogen and oxygen atoms in total. The molecule has 2 rings (SSSR count). The Kier molecular flexibility index (Phi) is 5.16. The van der Waals surface area contributed by atoms with Crippen molar-refractivity contribution in [3.63, 3.8) is 0 Å². The molecule has 2 atom stereocenters. The molecule has 2 N–H and O–H groups in total. The molecule has 0 radical (unpaired) electrons. The van der Waals surface area contributed by atoms with Crippen molar-refractivity contribution in [2.75, 3.05) is 26.2 Å². The second-order valence-electron chi connectivity index (χ2n) is 4.95. The quantitative estimate of drug-likeness (QED) is 0.928. The molecule has 1 aliphatic rings. The monoisotopic (exact) mass is 286 g/mol. The maximum atomic E-state index is 13.6. The lowest BCUT2D eigenvalue weighted by Gasteiger charge is -2.31. The molecule has 1 saturated heterocycles. The first-order valence-electron chi connectivity index (χ1n) is 6.62. The number of nitrogens with zero attached hydrogens (tertiary/aromatic N) is 1. The van der Waals surface area contributed by atoms with Gasteiger partial charge in [-0.1, -0.05) is 17.7 Å². The molecule has 0 bridgehead atoms. The Bertz CT molecular complexity index is 430. The smallest absolute Gasteiger partial charge is 0.142 e. The SMILES string of the molecule is CC1CN(C(CN)c2ccc(Cl)c(F)c2)CCCO1. The van der Waals surface area contributed by atoms with E-state index >= 15 is 0 Å². The van der Waals surface area contributed by atoms with Crippen LogP contribution in [0.3, 0.4) is 0 Å². The van der Waals surface area contributed by atoms with Crippen molar-refractivity contribution < 1.29 is 9.13 Å². The van der Waals surface area contributed by atoms with Gasteiger partial charge in [0.05, 0.1) is 11.1 Å². The molecule has 1 heterocycles. The maximum absolute atomic E-state index is 13.6. The Morgan fingerprint density at radius 2 is 2.37 bits per heavy atom. The van der Waals surface area contributed by atoms with E-state index in [4.69, 9.17) is 22.1 Å². The minimum Gasteiger partial charge on any atom is -0.377 e. The zero-order valence-corrected chi connectivity index (χ0v) is 11.9. The molecule has 0 spiro atoms. The van der Waals surface area contributed by atoms with E-state index in [0.717, 1.165) is 31.7 Å². The van der Waals surface area contributed by atoms with E-state index in [1.54, 1.807) is 6.07 Å². The van der Waals surface area contributed by atoms with E-state index in [-0.39, 0.29) is 17.2 Å². The maximum Gasteiger partial charge on any atom is 0.142 e. The summed E-state index contributed by atoms with van der Waals surface area (Å²) in [7, 11) is 0. The van der Waals surface area contributed by atoms with Crippen molar-refractivity contribution in [1.29, 1.82) is 0 Å². The summed E-state index contributed by atoms with van der Waals surface area (Å²) in [6.45, 7) is 4.99. The average Bonchev–Trinajstić information content (AvgIpc) is 2.59. The van der Waals surface area contributed by atoms with Crippen LogP contribution in [0, 0.1) is 5.82 Å². The first-order chi connectivity index (χ1) is 9.11. The highest BCUT2D eigenvalue weighted by molar-refractivity contribution is 6.30. The minimum atomic E-state index is -0.392. The van der Waals surface area contributed by atoms with Gasteiger partial charge in [0, 0.05) is 32.3 Å². The summed E-state index contributed by atoms with van der Waals surface area (Å²) in [5, 5.41) is 0.145. The topological polar surface area (TPSA) is 38.5 Å². The summed E-state index contributed by atoms with van der Waals surface area (Å²) in [5.41, 5.74) is 6.76. The van der Waals surface area contributed by atoms with Gasteiger partial charge in [-0.3, -0.25) is 4.90 Å². The van der Waals surface area contributed by atoms with Crippen molar-refractivity contribution in [3.05, 3.63) is 34.6 Å². The first-order valence-corrected chi connectivity index (χ1v) is 7.00. The van der Waals surface area contributed by atoms with Crippen molar-refractivity contribution in [2.24, 2.45) is 5.73 Å². The van der Waals surface area contributed by atoms with Gasteiger partial charge in [0.2, 0.25) is 0 Å². The molecule has 0 aromatic heterocycles. The van der Waals surface area contributed by atoms with Crippen molar-refractivity contribution in [1.82, 2.24) is 4.90 Å². The fraction of sp³-hybridized carbons (Fsp3) is 0.571. The van der Waals surface area contributed by atoms with Crippen LogP contribution in [0.2, 0.25) is 5.02 Å². The largest absolute Gasteiger partial charge is 0.377 e. The normalized spacial score (nSPS) is 23.1. The summed E-state index contributed by atoms with van der Waals surface area (Å²) in [5.74, 6) is -0.392. The third-order valence-corrected chi connectivity index (χ3v) is 3.78. The van der Waals surface area contributed by atoms with Gasteiger partial charge in [-0.2, -0.15) is 0 Å². The molecule has 0 aliphatic carbocycles. The second kappa shape index (κ2) is 6.66. The van der Waals surface area contributed by atoms with Gasteiger partial charge in [0.25, 0.3) is 0 Å².